The van der Waals surface area contributed by atoms with Crippen LogP contribution in [0.3, 0.4) is 0 Å². The highest BCUT2D eigenvalue weighted by Gasteiger charge is 2.20. The zero-order valence-corrected chi connectivity index (χ0v) is 18.4. The summed E-state index contributed by atoms with van der Waals surface area (Å²) < 4.78 is 13.1. The zero-order valence-electron chi connectivity index (χ0n) is 17.6. The predicted molar refractivity (Wildman–Crippen MR) is 124 cm³/mol. The maximum Gasteiger partial charge on any atom is 0.142 e. The van der Waals surface area contributed by atoms with E-state index >= 15 is 0 Å². The predicted octanol–water partition coefficient (Wildman–Crippen LogP) is 5.97. The standard InChI is InChI=1S/C25H21FN4OS/c1-16-24(32-25(28-16)19-5-3-13-27-14-19)22-12-9-18-4-2-6-21(23(18)29-22)30-31-15-17-7-10-20(26)11-8-17/h3,5,7-14H,2,4,6,15H2,1H3/b30-21+. The van der Waals surface area contributed by atoms with Crippen molar-refractivity contribution in [2.75, 3.05) is 0 Å². The number of pyridine rings is 2. The number of hydrogen-bond donors (Lipinski definition) is 0. The molecule has 3 aromatic heterocycles. The summed E-state index contributed by atoms with van der Waals surface area (Å²) in [6, 6.07) is 14.4. The summed E-state index contributed by atoms with van der Waals surface area (Å²) in [5.74, 6) is -0.261. The number of aryl methyl sites for hydroxylation is 2. The van der Waals surface area contributed by atoms with Gasteiger partial charge >= 0.3 is 0 Å². The summed E-state index contributed by atoms with van der Waals surface area (Å²) in [5, 5.41) is 5.32. The molecule has 0 spiro atoms. The molecule has 0 atom stereocenters. The van der Waals surface area contributed by atoms with Crippen LogP contribution in [0.25, 0.3) is 21.1 Å². The molecule has 4 aromatic rings. The van der Waals surface area contributed by atoms with Crippen LogP contribution in [-0.4, -0.2) is 20.7 Å². The normalized spacial score (nSPS) is 14.4. The quantitative estimate of drug-likeness (QED) is 0.356. The first kappa shape index (κ1) is 20.5. The molecule has 0 amide bonds. The lowest BCUT2D eigenvalue weighted by Crippen LogP contribution is -2.15. The molecule has 0 N–H and O–H groups in total. The second-order valence-electron chi connectivity index (χ2n) is 7.67. The maximum atomic E-state index is 13.1. The lowest BCUT2D eigenvalue weighted by Gasteiger charge is -2.17. The number of benzene rings is 1. The van der Waals surface area contributed by atoms with Crippen molar-refractivity contribution < 1.29 is 9.23 Å². The smallest absolute Gasteiger partial charge is 0.142 e. The lowest BCUT2D eigenvalue weighted by molar-refractivity contribution is 0.130. The average Bonchev–Trinajstić information content (AvgIpc) is 3.22. The molecule has 5 nitrogen and oxygen atoms in total. The molecule has 5 rings (SSSR count). The zero-order chi connectivity index (χ0) is 21.9. The average molecular weight is 445 g/mol. The Morgan fingerprint density at radius 1 is 1.06 bits per heavy atom. The Balaban J connectivity index is 1.42. The Kier molecular flexibility index (Phi) is 5.73. The Morgan fingerprint density at radius 2 is 1.94 bits per heavy atom. The van der Waals surface area contributed by atoms with E-state index in [-0.39, 0.29) is 5.82 Å². The molecule has 0 unspecified atom stereocenters. The van der Waals surface area contributed by atoms with E-state index in [0.29, 0.717) is 6.61 Å². The first-order chi connectivity index (χ1) is 15.7. The van der Waals surface area contributed by atoms with Crippen LogP contribution in [0.2, 0.25) is 0 Å². The molecule has 7 heteroatoms. The van der Waals surface area contributed by atoms with Crippen molar-refractivity contribution >= 4 is 17.0 Å². The summed E-state index contributed by atoms with van der Waals surface area (Å²) in [5.41, 5.74) is 6.63. The van der Waals surface area contributed by atoms with Gasteiger partial charge in [0.15, 0.2) is 0 Å². The monoisotopic (exact) mass is 444 g/mol. The van der Waals surface area contributed by atoms with Crippen molar-refractivity contribution in [1.82, 2.24) is 15.0 Å². The largest absolute Gasteiger partial charge is 0.391 e. The molecular formula is C25H21FN4OS. The first-order valence-corrected chi connectivity index (χ1v) is 11.3. The molecule has 0 fully saturated rings. The minimum absolute atomic E-state index is 0.261. The van der Waals surface area contributed by atoms with Gasteiger partial charge in [0.05, 0.1) is 22.0 Å². The lowest BCUT2D eigenvalue weighted by atomic mass is 9.94. The minimum Gasteiger partial charge on any atom is -0.391 e. The highest BCUT2D eigenvalue weighted by molar-refractivity contribution is 7.18. The molecule has 0 saturated heterocycles. The Labute approximate surface area is 189 Å². The molecular weight excluding hydrogens is 423 g/mol. The second-order valence-corrected chi connectivity index (χ2v) is 8.67. The third-order valence-electron chi connectivity index (χ3n) is 5.37. The molecule has 1 aliphatic carbocycles. The number of halogens is 1. The van der Waals surface area contributed by atoms with Gasteiger partial charge in [-0.1, -0.05) is 23.4 Å². The first-order valence-electron chi connectivity index (χ1n) is 10.5. The number of hydrogen-bond acceptors (Lipinski definition) is 6. The minimum atomic E-state index is -0.261. The van der Waals surface area contributed by atoms with Crippen LogP contribution < -0.4 is 0 Å². The number of nitrogens with zero attached hydrogens (tertiary/aromatic N) is 4. The van der Waals surface area contributed by atoms with Gasteiger partial charge in [-0.25, -0.2) is 14.4 Å². The number of oxime groups is 1. The molecule has 1 aliphatic rings. The Hall–Kier alpha value is -3.45. The fraction of sp³-hybridized carbons (Fsp3) is 0.200. The van der Waals surface area contributed by atoms with Gasteiger partial charge in [0, 0.05) is 18.0 Å². The SMILES string of the molecule is Cc1nc(-c2cccnc2)sc1-c1ccc2c(n1)/C(=N/OCc1ccc(F)cc1)CCC2. The summed E-state index contributed by atoms with van der Waals surface area (Å²) in [6.07, 6.45) is 6.38. The van der Waals surface area contributed by atoms with Gasteiger partial charge in [0.2, 0.25) is 0 Å². The summed E-state index contributed by atoms with van der Waals surface area (Å²) in [6.45, 7) is 2.30. The third-order valence-corrected chi connectivity index (χ3v) is 6.60. The molecule has 0 aliphatic heterocycles. The van der Waals surface area contributed by atoms with Crippen molar-refractivity contribution in [3.63, 3.8) is 0 Å². The highest BCUT2D eigenvalue weighted by Crippen LogP contribution is 2.35. The summed E-state index contributed by atoms with van der Waals surface area (Å²) in [7, 11) is 0. The van der Waals surface area contributed by atoms with E-state index in [2.05, 4.69) is 22.3 Å². The van der Waals surface area contributed by atoms with Crippen molar-refractivity contribution in [2.24, 2.45) is 5.16 Å². The van der Waals surface area contributed by atoms with Crippen LogP contribution in [0.15, 0.2) is 66.1 Å². The van der Waals surface area contributed by atoms with Crippen molar-refractivity contribution in [3.8, 4) is 21.1 Å². The van der Waals surface area contributed by atoms with Crippen molar-refractivity contribution in [2.45, 2.75) is 32.8 Å². The van der Waals surface area contributed by atoms with Crippen LogP contribution in [0.4, 0.5) is 4.39 Å². The van der Waals surface area contributed by atoms with Crippen LogP contribution in [0, 0.1) is 12.7 Å². The maximum absolute atomic E-state index is 13.1. The molecule has 3 heterocycles. The van der Waals surface area contributed by atoms with E-state index in [0.717, 1.165) is 63.1 Å². The van der Waals surface area contributed by atoms with E-state index in [1.807, 2.05) is 25.3 Å². The van der Waals surface area contributed by atoms with Crippen LogP contribution in [0.1, 0.15) is 35.4 Å². The number of rotatable bonds is 5. The van der Waals surface area contributed by atoms with Gasteiger partial charge in [-0.2, -0.15) is 0 Å². The van der Waals surface area contributed by atoms with Gasteiger partial charge in [0.25, 0.3) is 0 Å². The van der Waals surface area contributed by atoms with Gasteiger partial charge < -0.3 is 4.84 Å². The molecule has 0 bridgehead atoms. The van der Waals surface area contributed by atoms with Crippen LogP contribution in [-0.2, 0) is 17.9 Å². The van der Waals surface area contributed by atoms with Gasteiger partial charge in [0.1, 0.15) is 23.1 Å². The van der Waals surface area contributed by atoms with Crippen molar-refractivity contribution in [3.05, 3.63) is 89.3 Å². The van der Waals surface area contributed by atoms with Crippen LogP contribution >= 0.6 is 11.3 Å². The number of thiazole rings is 1. The fourth-order valence-corrected chi connectivity index (χ4v) is 4.76. The van der Waals surface area contributed by atoms with Gasteiger partial charge in [-0.3, -0.25) is 4.98 Å². The molecule has 0 saturated carbocycles. The highest BCUT2D eigenvalue weighted by atomic mass is 32.1. The van der Waals surface area contributed by atoms with Gasteiger partial charge in [-0.15, -0.1) is 11.3 Å². The van der Waals surface area contributed by atoms with E-state index < -0.39 is 0 Å². The van der Waals surface area contributed by atoms with E-state index in [4.69, 9.17) is 14.8 Å². The molecule has 160 valence electrons. The molecule has 0 radical (unpaired) electrons. The number of fused-ring (bicyclic) bond motifs is 1. The fourth-order valence-electron chi connectivity index (χ4n) is 3.73. The summed E-state index contributed by atoms with van der Waals surface area (Å²) in [4.78, 5) is 20.5. The van der Waals surface area contributed by atoms with Crippen molar-refractivity contribution in [1.29, 1.82) is 0 Å². The second kappa shape index (κ2) is 8.96. The summed E-state index contributed by atoms with van der Waals surface area (Å²) >= 11 is 1.62. The van der Waals surface area contributed by atoms with E-state index in [1.165, 1.54) is 17.7 Å². The third kappa shape index (κ3) is 4.29. The van der Waals surface area contributed by atoms with Gasteiger partial charge in [-0.05, 0) is 67.6 Å². The topological polar surface area (TPSA) is 60.3 Å². The molecule has 32 heavy (non-hydrogen) atoms. The molecule has 1 aromatic carbocycles. The number of aromatic nitrogens is 3. The Morgan fingerprint density at radius 3 is 2.75 bits per heavy atom. The van der Waals surface area contributed by atoms with E-state index in [9.17, 15) is 4.39 Å². The van der Waals surface area contributed by atoms with E-state index in [1.54, 1.807) is 29.7 Å². The van der Waals surface area contributed by atoms with Crippen LogP contribution in [0.5, 0.6) is 0 Å². The Bertz CT molecular complexity index is 1270.